The third kappa shape index (κ3) is 4.09. The van der Waals surface area contributed by atoms with Crippen LogP contribution in [0.5, 0.6) is 5.75 Å². The number of carbonyl (C=O) groups excluding carboxylic acids is 2. The van der Waals surface area contributed by atoms with Gasteiger partial charge in [0.25, 0.3) is 0 Å². The van der Waals surface area contributed by atoms with Gasteiger partial charge in [0.15, 0.2) is 0 Å². The van der Waals surface area contributed by atoms with E-state index in [1.807, 2.05) is 49.5 Å². The summed E-state index contributed by atoms with van der Waals surface area (Å²) >= 11 is 1.49. The average molecular weight is 452 g/mol. The molecule has 2 heterocycles. The van der Waals surface area contributed by atoms with Gasteiger partial charge >= 0.3 is 0 Å². The van der Waals surface area contributed by atoms with Crippen LogP contribution >= 0.6 is 11.8 Å². The van der Waals surface area contributed by atoms with Crippen molar-refractivity contribution in [2.75, 3.05) is 24.3 Å². The van der Waals surface area contributed by atoms with Crippen molar-refractivity contribution in [3.8, 4) is 5.75 Å². The van der Waals surface area contributed by atoms with E-state index in [0.717, 1.165) is 27.9 Å². The summed E-state index contributed by atoms with van der Waals surface area (Å²) in [5, 5.41) is 5.05. The fourth-order valence-corrected chi connectivity index (χ4v) is 5.24. The molecule has 1 aliphatic heterocycles. The maximum Gasteiger partial charge on any atom is 0.247 e. The highest BCUT2D eigenvalue weighted by Gasteiger charge is 2.39. The van der Waals surface area contributed by atoms with Gasteiger partial charge in [-0.25, -0.2) is 0 Å². The third-order valence-electron chi connectivity index (χ3n) is 5.84. The maximum atomic E-state index is 13.7. The number of ether oxygens (including phenoxy) is 1. The third-order valence-corrected chi connectivity index (χ3v) is 7.00. The van der Waals surface area contributed by atoms with E-state index in [4.69, 9.17) is 4.74 Å². The van der Waals surface area contributed by atoms with E-state index in [1.165, 1.54) is 11.8 Å². The predicted octanol–water partition coefficient (Wildman–Crippen LogP) is 4.53. The summed E-state index contributed by atoms with van der Waals surface area (Å²) in [6, 6.07) is 14.6. The fourth-order valence-electron chi connectivity index (χ4n) is 4.18. The smallest absolute Gasteiger partial charge is 0.247 e. The van der Waals surface area contributed by atoms with Crippen molar-refractivity contribution >= 4 is 40.2 Å². The van der Waals surface area contributed by atoms with Crippen molar-refractivity contribution in [2.24, 2.45) is 13.0 Å². The number of aromatic nitrogens is 1. The number of carbonyl (C=O) groups is 2. The summed E-state index contributed by atoms with van der Waals surface area (Å²) in [4.78, 5) is 28.7. The Bertz CT molecular complexity index is 1140. The zero-order chi connectivity index (χ0) is 22.8. The summed E-state index contributed by atoms with van der Waals surface area (Å²) in [6.07, 6.45) is 0.881. The Morgan fingerprint density at radius 3 is 2.59 bits per heavy atom. The minimum absolute atomic E-state index is 0.0931. The van der Waals surface area contributed by atoms with Gasteiger partial charge in [-0.15, -0.1) is 0 Å². The molecule has 4 rings (SSSR count). The van der Waals surface area contributed by atoms with Gasteiger partial charge in [0.2, 0.25) is 11.8 Å². The molecule has 7 heteroatoms. The molecule has 0 saturated heterocycles. The Hall–Kier alpha value is -2.93. The zero-order valence-electron chi connectivity index (χ0n) is 18.9. The quantitative estimate of drug-likeness (QED) is 0.598. The molecule has 0 radical (unpaired) electrons. The fraction of sp³-hybridized carbons (Fsp3) is 0.360. The summed E-state index contributed by atoms with van der Waals surface area (Å²) in [6.45, 7) is 4.83. The number of amides is 2. The van der Waals surface area contributed by atoms with E-state index in [0.29, 0.717) is 23.9 Å². The van der Waals surface area contributed by atoms with Crippen LogP contribution in [-0.2, 0) is 16.6 Å². The van der Waals surface area contributed by atoms with Gasteiger partial charge in [0.1, 0.15) is 11.8 Å². The Kier molecular flexibility index (Phi) is 6.46. The second kappa shape index (κ2) is 9.28. The van der Waals surface area contributed by atoms with Crippen molar-refractivity contribution < 1.29 is 14.3 Å². The first-order chi connectivity index (χ1) is 15.4. The van der Waals surface area contributed by atoms with Crippen molar-refractivity contribution in [3.05, 3.63) is 54.1 Å². The number of aryl methyl sites for hydroxylation is 1. The SMILES string of the molecule is COc1ccc(N2C(=O)CSc3c(c4ccccc4n3C)[C@H]2C(=O)NCCC(C)C)cc1. The molecule has 0 bridgehead atoms. The number of para-hydroxylation sites is 1. The van der Waals surface area contributed by atoms with E-state index in [-0.39, 0.29) is 17.6 Å². The molecule has 2 amide bonds. The highest BCUT2D eigenvalue weighted by molar-refractivity contribution is 8.00. The van der Waals surface area contributed by atoms with E-state index in [9.17, 15) is 9.59 Å². The first-order valence-corrected chi connectivity index (χ1v) is 11.8. The Morgan fingerprint density at radius 1 is 1.19 bits per heavy atom. The Morgan fingerprint density at radius 2 is 1.91 bits per heavy atom. The molecule has 3 aromatic rings. The summed E-state index contributed by atoms with van der Waals surface area (Å²) in [5.41, 5.74) is 2.62. The van der Waals surface area contributed by atoms with E-state index >= 15 is 0 Å². The molecule has 6 nitrogen and oxygen atoms in total. The predicted molar refractivity (Wildman–Crippen MR) is 129 cm³/mol. The lowest BCUT2D eigenvalue weighted by Crippen LogP contribution is -2.44. The van der Waals surface area contributed by atoms with Crippen LogP contribution in [0.1, 0.15) is 31.9 Å². The molecule has 0 spiro atoms. The van der Waals surface area contributed by atoms with Crippen LogP contribution in [0.15, 0.2) is 53.6 Å². The van der Waals surface area contributed by atoms with Crippen molar-refractivity contribution in [3.63, 3.8) is 0 Å². The summed E-state index contributed by atoms with van der Waals surface area (Å²) in [5.74, 6) is 1.19. The van der Waals surface area contributed by atoms with Gasteiger partial charge in [-0.2, -0.15) is 0 Å². The number of methoxy groups -OCH3 is 1. The van der Waals surface area contributed by atoms with Crippen LogP contribution in [0.2, 0.25) is 0 Å². The standard InChI is InChI=1S/C25H29N3O3S/c1-16(2)13-14-26-24(30)23-22-19-7-5-6-8-20(19)27(3)25(22)32-15-21(29)28(23)17-9-11-18(31-4)12-10-17/h5-12,16,23H,13-15H2,1-4H3,(H,26,30)/t23-/m0/s1. The van der Waals surface area contributed by atoms with Gasteiger partial charge < -0.3 is 14.6 Å². The first kappa shape index (κ1) is 22.3. The molecule has 0 unspecified atom stereocenters. The average Bonchev–Trinajstić information content (AvgIpc) is 2.96. The van der Waals surface area contributed by atoms with Crippen LogP contribution in [0.4, 0.5) is 5.69 Å². The second-order valence-electron chi connectivity index (χ2n) is 8.42. The molecule has 0 saturated carbocycles. The molecule has 1 aromatic heterocycles. The number of thioether (sulfide) groups is 1. The maximum absolute atomic E-state index is 13.7. The minimum atomic E-state index is -0.751. The monoisotopic (exact) mass is 451 g/mol. The number of nitrogens with one attached hydrogen (secondary N) is 1. The number of hydrogen-bond donors (Lipinski definition) is 1. The van der Waals surface area contributed by atoms with Gasteiger partial charge in [-0.1, -0.05) is 43.8 Å². The lowest BCUT2D eigenvalue weighted by molar-refractivity contribution is -0.125. The molecule has 32 heavy (non-hydrogen) atoms. The van der Waals surface area contributed by atoms with E-state index in [2.05, 4.69) is 29.8 Å². The molecule has 0 aliphatic carbocycles. The largest absolute Gasteiger partial charge is 0.497 e. The number of rotatable bonds is 6. The van der Waals surface area contributed by atoms with Crippen molar-refractivity contribution in [1.29, 1.82) is 0 Å². The van der Waals surface area contributed by atoms with Crippen LogP contribution in [0.25, 0.3) is 10.9 Å². The molecule has 1 atom stereocenters. The minimum Gasteiger partial charge on any atom is -0.497 e. The van der Waals surface area contributed by atoms with Crippen molar-refractivity contribution in [2.45, 2.75) is 31.3 Å². The summed E-state index contributed by atoms with van der Waals surface area (Å²) in [7, 11) is 3.60. The van der Waals surface area contributed by atoms with Crippen LogP contribution < -0.4 is 15.0 Å². The molecule has 1 aliphatic rings. The lowest BCUT2D eigenvalue weighted by atomic mass is 10.0. The molecule has 0 fully saturated rings. The van der Waals surface area contributed by atoms with Crippen LogP contribution in [-0.4, -0.2) is 35.8 Å². The Labute approximate surface area is 192 Å². The van der Waals surface area contributed by atoms with Gasteiger partial charge in [-0.05, 0) is 42.7 Å². The molecule has 1 N–H and O–H groups in total. The van der Waals surface area contributed by atoms with Gasteiger partial charge in [-0.3, -0.25) is 14.5 Å². The Balaban J connectivity index is 1.86. The normalized spacial score (nSPS) is 16.2. The van der Waals surface area contributed by atoms with Gasteiger partial charge in [0.05, 0.1) is 17.9 Å². The zero-order valence-corrected chi connectivity index (χ0v) is 19.7. The molecule has 168 valence electrons. The van der Waals surface area contributed by atoms with Gasteiger partial charge in [0, 0.05) is 35.7 Å². The number of benzene rings is 2. The topological polar surface area (TPSA) is 63.6 Å². The van der Waals surface area contributed by atoms with E-state index in [1.54, 1.807) is 12.0 Å². The number of anilines is 1. The first-order valence-electron chi connectivity index (χ1n) is 10.9. The van der Waals surface area contributed by atoms with Crippen LogP contribution in [0, 0.1) is 5.92 Å². The highest BCUT2D eigenvalue weighted by atomic mass is 32.2. The number of fused-ring (bicyclic) bond motifs is 3. The second-order valence-corrected chi connectivity index (χ2v) is 9.39. The van der Waals surface area contributed by atoms with Crippen LogP contribution in [0.3, 0.4) is 0 Å². The summed E-state index contributed by atoms with van der Waals surface area (Å²) < 4.78 is 7.38. The van der Waals surface area contributed by atoms with Crippen molar-refractivity contribution in [1.82, 2.24) is 9.88 Å². The lowest BCUT2D eigenvalue weighted by Gasteiger charge is -2.30. The molecular weight excluding hydrogens is 422 g/mol. The molecular formula is C25H29N3O3S. The number of nitrogens with zero attached hydrogens (tertiary/aromatic N) is 2. The van der Waals surface area contributed by atoms with E-state index < -0.39 is 6.04 Å². The molecule has 2 aromatic carbocycles. The number of hydrogen-bond acceptors (Lipinski definition) is 4. The highest BCUT2D eigenvalue weighted by Crippen LogP contribution is 2.43.